The molecule has 0 amide bonds. The molecule has 0 aromatic rings. The second kappa shape index (κ2) is 9.18. The van der Waals surface area contributed by atoms with Gasteiger partial charge in [0.25, 0.3) is 0 Å². The molecule has 36 valence electrons. The van der Waals surface area contributed by atoms with E-state index in [9.17, 15) is 0 Å². The van der Waals surface area contributed by atoms with Gasteiger partial charge in [-0.2, -0.15) is 0 Å². The molecule has 0 saturated heterocycles. The van der Waals surface area contributed by atoms with E-state index in [1.807, 2.05) is 0 Å². The molecule has 0 aliphatic heterocycles. The molecule has 0 aromatic carbocycles. The first kappa shape index (κ1) is 9.84. The number of hydrogen-bond acceptors (Lipinski definition) is 1. The van der Waals surface area contributed by atoms with Crippen molar-refractivity contribution in [1.29, 1.82) is 0 Å². The second-order valence-corrected chi connectivity index (χ2v) is 0.957. The predicted molar refractivity (Wildman–Crippen MR) is 24.2 cm³/mol. The zero-order valence-corrected chi connectivity index (χ0v) is 5.98. The third-order valence-electron chi connectivity index (χ3n) is 0.500. The van der Waals surface area contributed by atoms with Gasteiger partial charge in [-0.05, 0) is 13.1 Å². The van der Waals surface area contributed by atoms with Crippen LogP contribution in [0.5, 0.6) is 0 Å². The Morgan fingerprint density at radius 2 is 1.50 bits per heavy atom. The fourth-order valence-electron chi connectivity index (χ4n) is 0.250. The van der Waals surface area contributed by atoms with Crippen LogP contribution in [0.4, 0.5) is 0 Å². The first-order valence-corrected chi connectivity index (χ1v) is 2.12. The minimum atomic E-state index is 0. The maximum Gasteiger partial charge on any atom is 0 e. The summed E-state index contributed by atoms with van der Waals surface area (Å²) in [6.45, 7) is 6.39. The summed E-state index contributed by atoms with van der Waals surface area (Å²) in [5, 5.41) is 3.11. The Kier molecular flexibility index (Phi) is 15.1. The zero-order chi connectivity index (χ0) is 4.12. The fourth-order valence-corrected chi connectivity index (χ4v) is 0.250. The second-order valence-electron chi connectivity index (χ2n) is 0.957. The van der Waals surface area contributed by atoms with Crippen molar-refractivity contribution < 1.29 is 21.7 Å². The van der Waals surface area contributed by atoms with Crippen molar-refractivity contribution in [2.75, 3.05) is 13.1 Å². The van der Waals surface area contributed by atoms with Gasteiger partial charge in [0, 0.05) is 21.7 Å². The molecule has 0 saturated carbocycles. The van der Waals surface area contributed by atoms with Gasteiger partial charge >= 0.3 is 0 Å². The molecule has 0 aliphatic carbocycles. The smallest absolute Gasteiger partial charge is 0 e. The van der Waals surface area contributed by atoms with Crippen molar-refractivity contribution in [3.05, 3.63) is 0 Å². The van der Waals surface area contributed by atoms with Crippen LogP contribution >= 0.6 is 0 Å². The van der Waals surface area contributed by atoms with Gasteiger partial charge in [-0.1, -0.05) is 13.8 Å². The molecule has 1 N–H and O–H groups in total. The molecule has 6 heavy (non-hydrogen) atoms. The quantitative estimate of drug-likeness (QED) is 0.528. The fraction of sp³-hybridized carbons (Fsp3) is 1.00. The SMILES string of the molecule is CCNCC.[Ti]. The molecular formula is C4H11NTi. The van der Waals surface area contributed by atoms with Crippen LogP contribution in [0.15, 0.2) is 0 Å². The van der Waals surface area contributed by atoms with Crippen LogP contribution in [0.3, 0.4) is 0 Å². The number of nitrogens with one attached hydrogen (secondary N) is 1. The van der Waals surface area contributed by atoms with Crippen molar-refractivity contribution in [3.8, 4) is 0 Å². The molecule has 0 aliphatic rings. The molecule has 0 heterocycles. The van der Waals surface area contributed by atoms with E-state index in [1.54, 1.807) is 0 Å². The molecule has 0 unspecified atom stereocenters. The molecule has 1 nitrogen and oxygen atoms in total. The van der Waals surface area contributed by atoms with Gasteiger partial charge in [0.2, 0.25) is 0 Å². The topological polar surface area (TPSA) is 12.0 Å². The van der Waals surface area contributed by atoms with Gasteiger partial charge in [0.15, 0.2) is 0 Å². The van der Waals surface area contributed by atoms with Crippen LogP contribution in [0.1, 0.15) is 13.8 Å². The van der Waals surface area contributed by atoms with Crippen LogP contribution in [0, 0.1) is 0 Å². The largest absolute Gasteiger partial charge is 0.317 e. The number of hydrogen-bond donors (Lipinski definition) is 1. The van der Waals surface area contributed by atoms with Crippen LogP contribution in [-0.2, 0) is 21.7 Å². The predicted octanol–water partition coefficient (Wildman–Crippen LogP) is 0.613. The summed E-state index contributed by atoms with van der Waals surface area (Å²) >= 11 is 0. The van der Waals surface area contributed by atoms with E-state index in [0.717, 1.165) is 13.1 Å². The van der Waals surface area contributed by atoms with Gasteiger partial charge < -0.3 is 5.32 Å². The van der Waals surface area contributed by atoms with Gasteiger partial charge in [-0.3, -0.25) is 0 Å². The van der Waals surface area contributed by atoms with Crippen molar-refractivity contribution in [3.63, 3.8) is 0 Å². The first-order valence-electron chi connectivity index (χ1n) is 2.12. The summed E-state index contributed by atoms with van der Waals surface area (Å²) in [6, 6.07) is 0. The third kappa shape index (κ3) is 8.82. The van der Waals surface area contributed by atoms with Crippen LogP contribution < -0.4 is 5.32 Å². The summed E-state index contributed by atoms with van der Waals surface area (Å²) < 4.78 is 0. The van der Waals surface area contributed by atoms with Crippen molar-refractivity contribution in [1.82, 2.24) is 5.32 Å². The Morgan fingerprint density at radius 3 is 1.50 bits per heavy atom. The average Bonchev–Trinajstić information content (AvgIpc) is 1.41. The van der Waals surface area contributed by atoms with E-state index in [1.165, 1.54) is 0 Å². The van der Waals surface area contributed by atoms with Crippen molar-refractivity contribution in [2.45, 2.75) is 13.8 Å². The van der Waals surface area contributed by atoms with Crippen LogP contribution in [0.25, 0.3) is 0 Å². The van der Waals surface area contributed by atoms with E-state index in [2.05, 4.69) is 19.2 Å². The Morgan fingerprint density at radius 1 is 1.17 bits per heavy atom. The van der Waals surface area contributed by atoms with Crippen LogP contribution in [-0.4, -0.2) is 13.1 Å². The van der Waals surface area contributed by atoms with E-state index in [4.69, 9.17) is 0 Å². The molecule has 0 aromatic heterocycles. The molecule has 2 heteroatoms. The van der Waals surface area contributed by atoms with E-state index >= 15 is 0 Å². The Bertz CT molecular complexity index is 15.0. The van der Waals surface area contributed by atoms with Gasteiger partial charge in [0.05, 0.1) is 0 Å². The number of rotatable bonds is 2. The summed E-state index contributed by atoms with van der Waals surface area (Å²) in [5.41, 5.74) is 0. The summed E-state index contributed by atoms with van der Waals surface area (Å²) in [4.78, 5) is 0. The zero-order valence-electron chi connectivity index (χ0n) is 4.41. The van der Waals surface area contributed by atoms with Crippen LogP contribution in [0.2, 0.25) is 0 Å². The van der Waals surface area contributed by atoms with Crippen molar-refractivity contribution >= 4 is 0 Å². The van der Waals surface area contributed by atoms with Gasteiger partial charge in [0.1, 0.15) is 0 Å². The molecular weight excluding hydrogens is 110 g/mol. The minimum Gasteiger partial charge on any atom is -0.317 e. The Hall–Kier alpha value is 0.674. The van der Waals surface area contributed by atoms with E-state index < -0.39 is 0 Å². The monoisotopic (exact) mass is 121 g/mol. The molecule has 0 fully saturated rings. The standard InChI is InChI=1S/C4H11N.Ti/c1-3-5-4-2;/h5H,3-4H2,1-2H3;. The van der Waals surface area contributed by atoms with Gasteiger partial charge in [-0.15, -0.1) is 0 Å². The van der Waals surface area contributed by atoms with E-state index in [0.29, 0.717) is 0 Å². The first-order chi connectivity index (χ1) is 2.41. The minimum absolute atomic E-state index is 0. The van der Waals surface area contributed by atoms with E-state index in [-0.39, 0.29) is 21.7 Å². The molecule has 0 atom stereocenters. The van der Waals surface area contributed by atoms with Gasteiger partial charge in [-0.25, -0.2) is 0 Å². The maximum absolute atomic E-state index is 3.11. The maximum atomic E-state index is 3.11. The third-order valence-corrected chi connectivity index (χ3v) is 0.500. The molecule has 0 rings (SSSR count). The Labute approximate surface area is 54.4 Å². The summed E-state index contributed by atoms with van der Waals surface area (Å²) in [5.74, 6) is 0. The molecule has 0 spiro atoms. The van der Waals surface area contributed by atoms with Crippen molar-refractivity contribution in [2.24, 2.45) is 0 Å². The molecule has 0 radical (unpaired) electrons. The Balaban J connectivity index is 0. The normalized spacial score (nSPS) is 7.00. The summed E-state index contributed by atoms with van der Waals surface area (Å²) in [6.07, 6.45) is 0. The molecule has 0 bridgehead atoms. The average molecular weight is 121 g/mol. The summed E-state index contributed by atoms with van der Waals surface area (Å²) in [7, 11) is 0.